The van der Waals surface area contributed by atoms with E-state index in [1.54, 1.807) is 6.07 Å². The molecule has 1 aliphatic rings. The van der Waals surface area contributed by atoms with Gasteiger partial charge < -0.3 is 20.8 Å². The average Bonchev–Trinajstić information content (AvgIpc) is 2.62. The Labute approximate surface area is 106 Å². The van der Waals surface area contributed by atoms with Gasteiger partial charge in [-0.2, -0.15) is 0 Å². The summed E-state index contributed by atoms with van der Waals surface area (Å²) in [6, 6.07) is 1.57. The molecule has 2 heterocycles. The van der Waals surface area contributed by atoms with Crippen molar-refractivity contribution >= 4 is 27.7 Å². The second-order valence-corrected chi connectivity index (χ2v) is 4.85. The third-order valence-corrected chi connectivity index (χ3v) is 3.10. The Hall–Kier alpha value is -1.18. The smallest absolute Gasteiger partial charge is 0.257 e. The van der Waals surface area contributed by atoms with Crippen molar-refractivity contribution in [2.24, 2.45) is 0 Å². The first kappa shape index (κ1) is 12.3. The number of amides is 1. The minimum absolute atomic E-state index is 0.103. The lowest BCUT2D eigenvalue weighted by molar-refractivity contribution is 0.0572. The van der Waals surface area contributed by atoms with Crippen LogP contribution in [0.3, 0.4) is 0 Å². The first-order valence-electron chi connectivity index (χ1n) is 5.05. The zero-order chi connectivity index (χ0) is 12.6. The molecule has 1 aromatic heterocycles. The van der Waals surface area contributed by atoms with Crippen molar-refractivity contribution in [1.29, 1.82) is 0 Å². The largest absolute Gasteiger partial charge is 0.388 e. The van der Waals surface area contributed by atoms with Crippen LogP contribution in [-0.2, 0) is 0 Å². The van der Waals surface area contributed by atoms with Gasteiger partial charge in [-0.1, -0.05) is 0 Å². The van der Waals surface area contributed by atoms with Crippen LogP contribution in [0.2, 0.25) is 0 Å². The Bertz CT molecular complexity index is 444. The molecule has 92 valence electrons. The first-order chi connectivity index (χ1) is 7.99. The maximum Gasteiger partial charge on any atom is 0.257 e. The van der Waals surface area contributed by atoms with E-state index in [9.17, 15) is 15.0 Å². The Kier molecular flexibility index (Phi) is 3.32. The summed E-state index contributed by atoms with van der Waals surface area (Å²) >= 11 is 3.21. The Balaban J connectivity index is 2.23. The SMILES string of the molecule is Nc1ncc(Br)cc1C(=O)N1CC(O)C(O)C1. The van der Waals surface area contributed by atoms with Gasteiger partial charge in [-0.25, -0.2) is 4.98 Å². The molecule has 0 aromatic carbocycles. The number of anilines is 1. The number of likely N-dealkylation sites (tertiary alicyclic amines) is 1. The van der Waals surface area contributed by atoms with Gasteiger partial charge in [0.15, 0.2) is 0 Å². The molecular formula is C10H12BrN3O3. The highest BCUT2D eigenvalue weighted by molar-refractivity contribution is 9.10. The number of nitrogens with two attached hydrogens (primary N) is 1. The van der Waals surface area contributed by atoms with Crippen LogP contribution in [-0.4, -0.2) is 51.3 Å². The van der Waals surface area contributed by atoms with E-state index < -0.39 is 12.2 Å². The number of nitrogen functional groups attached to an aromatic ring is 1. The molecule has 2 atom stereocenters. The van der Waals surface area contributed by atoms with Gasteiger partial charge in [0.1, 0.15) is 5.82 Å². The summed E-state index contributed by atoms with van der Waals surface area (Å²) in [5.41, 5.74) is 5.89. The number of halogens is 1. The molecule has 17 heavy (non-hydrogen) atoms. The van der Waals surface area contributed by atoms with Crippen molar-refractivity contribution in [3.05, 3.63) is 22.3 Å². The van der Waals surface area contributed by atoms with Crippen LogP contribution in [0.4, 0.5) is 5.82 Å². The molecule has 0 saturated carbocycles. The van der Waals surface area contributed by atoms with Gasteiger partial charge in [-0.15, -0.1) is 0 Å². The predicted octanol–water partition coefficient (Wildman–Crippen LogP) is -0.396. The molecule has 1 amide bonds. The van der Waals surface area contributed by atoms with E-state index in [0.29, 0.717) is 4.47 Å². The highest BCUT2D eigenvalue weighted by Crippen LogP contribution is 2.20. The van der Waals surface area contributed by atoms with Gasteiger partial charge in [0.05, 0.1) is 17.8 Å². The molecule has 4 N–H and O–H groups in total. The van der Waals surface area contributed by atoms with Gasteiger partial charge in [-0.05, 0) is 22.0 Å². The van der Waals surface area contributed by atoms with E-state index in [4.69, 9.17) is 5.73 Å². The number of aliphatic hydroxyl groups excluding tert-OH is 2. The summed E-state index contributed by atoms with van der Waals surface area (Å²) in [7, 11) is 0. The number of hydrogen-bond acceptors (Lipinski definition) is 5. The molecule has 6 nitrogen and oxygen atoms in total. The Morgan fingerprint density at radius 2 is 2.06 bits per heavy atom. The molecule has 0 radical (unpaired) electrons. The van der Waals surface area contributed by atoms with E-state index in [1.807, 2.05) is 0 Å². The fourth-order valence-corrected chi connectivity index (χ4v) is 2.06. The van der Waals surface area contributed by atoms with E-state index in [0.717, 1.165) is 0 Å². The topological polar surface area (TPSA) is 99.7 Å². The number of hydrogen-bond donors (Lipinski definition) is 3. The quantitative estimate of drug-likeness (QED) is 0.656. The second-order valence-electron chi connectivity index (χ2n) is 3.93. The zero-order valence-corrected chi connectivity index (χ0v) is 10.5. The lowest BCUT2D eigenvalue weighted by atomic mass is 10.2. The maximum absolute atomic E-state index is 12.1. The number of rotatable bonds is 1. The van der Waals surface area contributed by atoms with Crippen molar-refractivity contribution in [2.45, 2.75) is 12.2 Å². The molecule has 0 bridgehead atoms. The fourth-order valence-electron chi connectivity index (χ4n) is 1.73. The van der Waals surface area contributed by atoms with Crippen LogP contribution < -0.4 is 5.73 Å². The van der Waals surface area contributed by atoms with Crippen molar-refractivity contribution in [3.63, 3.8) is 0 Å². The molecule has 1 aliphatic heterocycles. The van der Waals surface area contributed by atoms with Gasteiger partial charge >= 0.3 is 0 Å². The summed E-state index contributed by atoms with van der Waals surface area (Å²) in [5.74, 6) is -0.207. The van der Waals surface area contributed by atoms with Crippen LogP contribution >= 0.6 is 15.9 Å². The highest BCUT2D eigenvalue weighted by Gasteiger charge is 2.33. The number of β-amino-alcohol motifs (C(OH)–C–C–N with tert-alkyl or cyclic N) is 2. The van der Waals surface area contributed by atoms with Crippen LogP contribution in [0.1, 0.15) is 10.4 Å². The first-order valence-corrected chi connectivity index (χ1v) is 5.84. The maximum atomic E-state index is 12.1. The van der Waals surface area contributed by atoms with E-state index in [1.165, 1.54) is 11.1 Å². The number of aliphatic hydroxyl groups is 2. The lowest BCUT2D eigenvalue weighted by Crippen LogP contribution is -2.30. The Morgan fingerprint density at radius 1 is 1.47 bits per heavy atom. The number of carbonyl (C=O) groups excluding carboxylic acids is 1. The molecule has 0 aliphatic carbocycles. The Morgan fingerprint density at radius 3 is 2.65 bits per heavy atom. The molecule has 1 saturated heterocycles. The molecule has 7 heteroatoms. The van der Waals surface area contributed by atoms with Gasteiger partial charge in [-0.3, -0.25) is 4.79 Å². The molecule has 2 rings (SSSR count). The van der Waals surface area contributed by atoms with E-state index in [2.05, 4.69) is 20.9 Å². The lowest BCUT2D eigenvalue weighted by Gasteiger charge is -2.16. The standard InChI is InChI=1S/C10H12BrN3O3/c11-5-1-6(9(12)13-2-5)10(17)14-3-7(15)8(16)4-14/h1-2,7-8,15-16H,3-4H2,(H2,12,13). The minimum atomic E-state index is -0.903. The predicted molar refractivity (Wildman–Crippen MR) is 64.3 cm³/mol. The average molecular weight is 302 g/mol. The zero-order valence-electron chi connectivity index (χ0n) is 8.88. The van der Waals surface area contributed by atoms with Crippen LogP contribution in [0.25, 0.3) is 0 Å². The van der Waals surface area contributed by atoms with Crippen molar-refractivity contribution < 1.29 is 15.0 Å². The van der Waals surface area contributed by atoms with Gasteiger partial charge in [0.2, 0.25) is 0 Å². The molecule has 0 spiro atoms. The minimum Gasteiger partial charge on any atom is -0.388 e. The van der Waals surface area contributed by atoms with Gasteiger partial charge in [0, 0.05) is 23.8 Å². The normalized spacial score (nSPS) is 24.1. The number of aromatic nitrogens is 1. The van der Waals surface area contributed by atoms with E-state index >= 15 is 0 Å². The third-order valence-electron chi connectivity index (χ3n) is 2.66. The van der Waals surface area contributed by atoms with Crippen molar-refractivity contribution in [1.82, 2.24) is 9.88 Å². The summed E-state index contributed by atoms with van der Waals surface area (Å²) in [4.78, 5) is 17.3. The van der Waals surface area contributed by atoms with Crippen molar-refractivity contribution in [3.8, 4) is 0 Å². The summed E-state index contributed by atoms with van der Waals surface area (Å²) in [6.07, 6.45) is -0.305. The number of carbonyl (C=O) groups is 1. The summed E-state index contributed by atoms with van der Waals surface area (Å²) < 4.78 is 0.648. The highest BCUT2D eigenvalue weighted by atomic mass is 79.9. The van der Waals surface area contributed by atoms with Crippen LogP contribution in [0, 0.1) is 0 Å². The molecule has 1 aromatic rings. The summed E-state index contributed by atoms with van der Waals surface area (Å²) in [5, 5.41) is 18.8. The second kappa shape index (κ2) is 4.59. The molecule has 1 fully saturated rings. The number of pyridine rings is 1. The summed E-state index contributed by atoms with van der Waals surface area (Å²) in [6.45, 7) is 0.206. The monoisotopic (exact) mass is 301 g/mol. The molecular weight excluding hydrogens is 290 g/mol. The van der Waals surface area contributed by atoms with Crippen LogP contribution in [0.15, 0.2) is 16.7 Å². The fraction of sp³-hybridized carbons (Fsp3) is 0.400. The van der Waals surface area contributed by atoms with Crippen LogP contribution in [0.5, 0.6) is 0 Å². The van der Waals surface area contributed by atoms with E-state index in [-0.39, 0.29) is 30.4 Å². The third kappa shape index (κ3) is 2.41. The molecule has 2 unspecified atom stereocenters. The number of nitrogens with zero attached hydrogens (tertiary/aromatic N) is 2. The van der Waals surface area contributed by atoms with Gasteiger partial charge in [0.25, 0.3) is 5.91 Å². The van der Waals surface area contributed by atoms with Crippen molar-refractivity contribution in [2.75, 3.05) is 18.8 Å².